The van der Waals surface area contributed by atoms with E-state index >= 15 is 0 Å². The molecule has 0 bridgehead atoms. The molecular weight excluding hydrogens is 287 g/mol. The van der Waals surface area contributed by atoms with Gasteiger partial charge in [0.25, 0.3) is 0 Å². The zero-order valence-electron chi connectivity index (χ0n) is 9.57. The summed E-state index contributed by atoms with van der Waals surface area (Å²) < 4.78 is 0. The molecule has 0 saturated heterocycles. The summed E-state index contributed by atoms with van der Waals surface area (Å²) in [6.45, 7) is 0.0773. The van der Waals surface area contributed by atoms with Crippen molar-refractivity contribution in [3.8, 4) is 0 Å². The summed E-state index contributed by atoms with van der Waals surface area (Å²) in [6.07, 6.45) is 0. The van der Waals surface area contributed by atoms with Crippen LogP contribution in [0, 0.1) is 0 Å². The SMILES string of the molecule is OCc1ccc(SCc2ccc(Cl)cc2Cl)cc1. The number of aliphatic hydroxyl groups is 1. The van der Waals surface area contributed by atoms with Gasteiger partial charge in [-0.3, -0.25) is 0 Å². The molecule has 0 radical (unpaired) electrons. The Bertz CT molecular complexity index is 526. The highest BCUT2D eigenvalue weighted by atomic mass is 35.5. The quantitative estimate of drug-likeness (QED) is 0.820. The average molecular weight is 299 g/mol. The van der Waals surface area contributed by atoms with Gasteiger partial charge in [-0.05, 0) is 35.4 Å². The Kier molecular flexibility index (Phi) is 4.95. The largest absolute Gasteiger partial charge is 0.392 e. The number of thioether (sulfide) groups is 1. The standard InChI is InChI=1S/C14H12Cl2OS/c15-12-4-3-11(14(16)7-12)9-18-13-5-1-10(8-17)2-6-13/h1-7,17H,8-9H2. The van der Waals surface area contributed by atoms with Crippen molar-refractivity contribution in [2.45, 2.75) is 17.3 Å². The second kappa shape index (κ2) is 6.48. The third-order valence-electron chi connectivity index (χ3n) is 2.52. The predicted octanol–water partition coefficient (Wildman–Crippen LogP) is 4.78. The lowest BCUT2D eigenvalue weighted by molar-refractivity contribution is 0.282. The highest BCUT2D eigenvalue weighted by molar-refractivity contribution is 7.98. The fourth-order valence-corrected chi connectivity index (χ4v) is 2.95. The molecule has 0 fully saturated rings. The molecule has 18 heavy (non-hydrogen) atoms. The van der Waals surface area contributed by atoms with Crippen LogP contribution in [0.3, 0.4) is 0 Å². The van der Waals surface area contributed by atoms with Gasteiger partial charge in [-0.1, -0.05) is 41.4 Å². The van der Waals surface area contributed by atoms with E-state index in [-0.39, 0.29) is 6.61 Å². The van der Waals surface area contributed by atoms with Crippen LogP contribution < -0.4 is 0 Å². The normalized spacial score (nSPS) is 10.6. The van der Waals surface area contributed by atoms with Crippen molar-refractivity contribution in [1.82, 2.24) is 0 Å². The Balaban J connectivity index is 2.02. The molecule has 0 heterocycles. The predicted molar refractivity (Wildman–Crippen MR) is 78.4 cm³/mol. The number of hydrogen-bond donors (Lipinski definition) is 1. The van der Waals surface area contributed by atoms with Gasteiger partial charge in [0.2, 0.25) is 0 Å². The van der Waals surface area contributed by atoms with E-state index in [0.717, 1.165) is 21.8 Å². The molecule has 2 rings (SSSR count). The lowest BCUT2D eigenvalue weighted by atomic mass is 10.2. The molecule has 0 aliphatic carbocycles. The molecule has 0 amide bonds. The maximum absolute atomic E-state index is 8.96. The average Bonchev–Trinajstić information content (AvgIpc) is 2.38. The van der Waals surface area contributed by atoms with Crippen molar-refractivity contribution in [3.63, 3.8) is 0 Å². The first-order chi connectivity index (χ1) is 8.69. The molecule has 1 nitrogen and oxygen atoms in total. The van der Waals surface area contributed by atoms with Crippen LogP contribution in [0.1, 0.15) is 11.1 Å². The molecule has 94 valence electrons. The third kappa shape index (κ3) is 3.66. The van der Waals surface area contributed by atoms with Crippen LogP contribution in [0.4, 0.5) is 0 Å². The van der Waals surface area contributed by atoms with Crippen LogP contribution in [-0.4, -0.2) is 5.11 Å². The van der Waals surface area contributed by atoms with E-state index in [4.69, 9.17) is 28.3 Å². The molecule has 0 atom stereocenters. The van der Waals surface area contributed by atoms with Crippen LogP contribution in [0.5, 0.6) is 0 Å². The fraction of sp³-hybridized carbons (Fsp3) is 0.143. The smallest absolute Gasteiger partial charge is 0.0681 e. The zero-order chi connectivity index (χ0) is 13.0. The Labute approximate surface area is 121 Å². The maximum atomic E-state index is 8.96. The summed E-state index contributed by atoms with van der Waals surface area (Å²) in [4.78, 5) is 1.15. The minimum Gasteiger partial charge on any atom is -0.392 e. The minimum absolute atomic E-state index is 0.0773. The monoisotopic (exact) mass is 298 g/mol. The number of benzene rings is 2. The van der Waals surface area contributed by atoms with Crippen molar-refractivity contribution >= 4 is 35.0 Å². The second-order valence-corrected chi connectivity index (χ2v) is 5.72. The Morgan fingerprint density at radius 2 is 1.72 bits per heavy atom. The van der Waals surface area contributed by atoms with E-state index in [2.05, 4.69) is 0 Å². The Morgan fingerprint density at radius 1 is 1.00 bits per heavy atom. The first-order valence-electron chi connectivity index (χ1n) is 5.45. The van der Waals surface area contributed by atoms with E-state index in [1.807, 2.05) is 36.4 Å². The third-order valence-corrected chi connectivity index (χ3v) is 4.16. The summed E-state index contributed by atoms with van der Waals surface area (Å²) in [5.41, 5.74) is 1.99. The highest BCUT2D eigenvalue weighted by Gasteiger charge is 2.02. The lowest BCUT2D eigenvalue weighted by Crippen LogP contribution is -1.84. The van der Waals surface area contributed by atoms with E-state index in [1.54, 1.807) is 17.8 Å². The molecule has 0 saturated carbocycles. The molecule has 0 aromatic heterocycles. The van der Waals surface area contributed by atoms with Crippen LogP contribution in [0.25, 0.3) is 0 Å². The van der Waals surface area contributed by atoms with Gasteiger partial charge in [0, 0.05) is 20.7 Å². The van der Waals surface area contributed by atoms with Gasteiger partial charge < -0.3 is 5.11 Å². The van der Waals surface area contributed by atoms with Crippen LogP contribution in [0.15, 0.2) is 47.4 Å². The Hall–Kier alpha value is -0.670. The first kappa shape index (κ1) is 13.8. The summed E-state index contributed by atoms with van der Waals surface area (Å²) in [5.74, 6) is 0.800. The lowest BCUT2D eigenvalue weighted by Gasteiger charge is -2.05. The van der Waals surface area contributed by atoms with Gasteiger partial charge in [-0.2, -0.15) is 0 Å². The molecule has 0 aliphatic rings. The molecule has 4 heteroatoms. The number of aliphatic hydroxyl groups excluding tert-OH is 1. The Morgan fingerprint density at radius 3 is 2.33 bits per heavy atom. The van der Waals surface area contributed by atoms with E-state index < -0.39 is 0 Å². The van der Waals surface area contributed by atoms with E-state index in [0.29, 0.717) is 10.0 Å². The van der Waals surface area contributed by atoms with Crippen molar-refractivity contribution < 1.29 is 5.11 Å². The molecular formula is C14H12Cl2OS. The second-order valence-electron chi connectivity index (χ2n) is 3.83. The molecule has 1 N–H and O–H groups in total. The van der Waals surface area contributed by atoms with Crippen LogP contribution in [0.2, 0.25) is 10.0 Å². The minimum atomic E-state index is 0.0773. The summed E-state index contributed by atoms with van der Waals surface area (Å²) >= 11 is 13.7. The van der Waals surface area contributed by atoms with Gasteiger partial charge in [0.1, 0.15) is 0 Å². The topological polar surface area (TPSA) is 20.2 Å². The maximum Gasteiger partial charge on any atom is 0.0681 e. The molecule has 2 aromatic rings. The van der Waals surface area contributed by atoms with E-state index in [9.17, 15) is 0 Å². The molecule has 2 aromatic carbocycles. The summed E-state index contributed by atoms with van der Waals surface area (Å²) in [7, 11) is 0. The van der Waals surface area contributed by atoms with Gasteiger partial charge in [-0.25, -0.2) is 0 Å². The molecule has 0 unspecified atom stereocenters. The van der Waals surface area contributed by atoms with Gasteiger partial charge >= 0.3 is 0 Å². The van der Waals surface area contributed by atoms with Crippen molar-refractivity contribution in [1.29, 1.82) is 0 Å². The first-order valence-corrected chi connectivity index (χ1v) is 7.20. The zero-order valence-corrected chi connectivity index (χ0v) is 11.9. The summed E-state index contributed by atoms with van der Waals surface area (Å²) in [5, 5.41) is 10.3. The van der Waals surface area contributed by atoms with Crippen LogP contribution in [-0.2, 0) is 12.4 Å². The van der Waals surface area contributed by atoms with Crippen molar-refractivity contribution in [3.05, 3.63) is 63.6 Å². The van der Waals surface area contributed by atoms with Crippen LogP contribution >= 0.6 is 35.0 Å². The number of hydrogen-bond acceptors (Lipinski definition) is 2. The van der Waals surface area contributed by atoms with Crippen molar-refractivity contribution in [2.75, 3.05) is 0 Å². The number of rotatable bonds is 4. The van der Waals surface area contributed by atoms with Gasteiger partial charge in [0.05, 0.1) is 6.61 Å². The van der Waals surface area contributed by atoms with Gasteiger partial charge in [-0.15, -0.1) is 11.8 Å². The van der Waals surface area contributed by atoms with Gasteiger partial charge in [0.15, 0.2) is 0 Å². The molecule has 0 spiro atoms. The molecule has 0 aliphatic heterocycles. The number of halogens is 2. The van der Waals surface area contributed by atoms with Crippen molar-refractivity contribution in [2.24, 2.45) is 0 Å². The highest BCUT2D eigenvalue weighted by Crippen LogP contribution is 2.28. The fourth-order valence-electron chi connectivity index (χ4n) is 1.49. The summed E-state index contributed by atoms with van der Waals surface area (Å²) in [6, 6.07) is 13.4. The van der Waals surface area contributed by atoms with E-state index in [1.165, 1.54) is 0 Å².